The minimum atomic E-state index is -0.973. The molecule has 1 unspecified atom stereocenters. The SMILES string of the molecule is Cc1occc(=O)c1OC(=O)OCc1ccc(B2OC(C)C(C)(C)O2)cc1. The molecule has 1 atom stereocenters. The van der Waals surface area contributed by atoms with Crippen molar-refractivity contribution < 1.29 is 28.0 Å². The molecule has 27 heavy (non-hydrogen) atoms. The van der Waals surface area contributed by atoms with Gasteiger partial charge in [-0.25, -0.2) is 4.79 Å². The third-order valence-corrected chi connectivity index (χ3v) is 4.52. The van der Waals surface area contributed by atoms with Gasteiger partial charge in [0.2, 0.25) is 11.2 Å². The van der Waals surface area contributed by atoms with E-state index in [0.717, 1.165) is 11.0 Å². The van der Waals surface area contributed by atoms with Gasteiger partial charge in [0.25, 0.3) is 0 Å². The fourth-order valence-corrected chi connectivity index (χ4v) is 2.54. The van der Waals surface area contributed by atoms with Crippen molar-refractivity contribution in [2.24, 2.45) is 0 Å². The summed E-state index contributed by atoms with van der Waals surface area (Å²) in [6.07, 6.45) is 0.245. The Morgan fingerprint density at radius 3 is 2.52 bits per heavy atom. The molecule has 1 fully saturated rings. The van der Waals surface area contributed by atoms with E-state index < -0.39 is 18.7 Å². The molecule has 0 bridgehead atoms. The van der Waals surface area contributed by atoms with Gasteiger partial charge in [0, 0.05) is 6.07 Å². The number of benzene rings is 1. The first-order chi connectivity index (χ1) is 12.8. The summed E-state index contributed by atoms with van der Waals surface area (Å²) in [6.45, 7) is 7.48. The Morgan fingerprint density at radius 2 is 1.93 bits per heavy atom. The van der Waals surface area contributed by atoms with E-state index in [4.69, 9.17) is 23.2 Å². The summed E-state index contributed by atoms with van der Waals surface area (Å²) in [5.74, 6) is 0.0302. The van der Waals surface area contributed by atoms with Gasteiger partial charge >= 0.3 is 13.3 Å². The Bertz CT molecular complexity index is 872. The Labute approximate surface area is 157 Å². The molecule has 0 radical (unpaired) electrons. The molecule has 1 saturated heterocycles. The fraction of sp³-hybridized carbons (Fsp3) is 0.368. The van der Waals surface area contributed by atoms with Crippen molar-refractivity contribution in [3.8, 4) is 5.75 Å². The average molecular weight is 372 g/mol. The highest BCUT2D eigenvalue weighted by Crippen LogP contribution is 2.26. The smallest absolute Gasteiger partial charge is 0.465 e. The van der Waals surface area contributed by atoms with E-state index in [1.54, 1.807) is 0 Å². The van der Waals surface area contributed by atoms with Gasteiger partial charge in [-0.05, 0) is 38.7 Å². The van der Waals surface area contributed by atoms with Gasteiger partial charge in [-0.2, -0.15) is 0 Å². The number of rotatable bonds is 4. The first-order valence-electron chi connectivity index (χ1n) is 8.61. The molecule has 0 spiro atoms. The fourth-order valence-electron chi connectivity index (χ4n) is 2.54. The number of hydrogen-bond acceptors (Lipinski definition) is 7. The molecule has 7 nitrogen and oxygen atoms in total. The highest BCUT2D eigenvalue weighted by Gasteiger charge is 2.43. The predicted octanol–water partition coefficient (Wildman–Crippen LogP) is 2.57. The van der Waals surface area contributed by atoms with Crippen LogP contribution in [-0.4, -0.2) is 25.0 Å². The highest BCUT2D eigenvalue weighted by atomic mass is 16.7. The maximum atomic E-state index is 11.8. The lowest BCUT2D eigenvalue weighted by molar-refractivity contribution is 0.0842. The van der Waals surface area contributed by atoms with Crippen molar-refractivity contribution in [2.75, 3.05) is 0 Å². The molecule has 8 heteroatoms. The lowest BCUT2D eigenvalue weighted by atomic mass is 9.79. The minimum Gasteiger partial charge on any atom is -0.465 e. The molecule has 1 aromatic carbocycles. The first-order valence-corrected chi connectivity index (χ1v) is 8.61. The van der Waals surface area contributed by atoms with E-state index in [1.807, 2.05) is 45.0 Å². The summed E-state index contributed by atoms with van der Waals surface area (Å²) < 4.78 is 26.7. The maximum absolute atomic E-state index is 11.8. The molecule has 3 rings (SSSR count). The van der Waals surface area contributed by atoms with Crippen LogP contribution in [0.2, 0.25) is 0 Å². The molecule has 142 valence electrons. The standard InChI is InChI=1S/C19H21BO7/c1-12-17(16(21)9-10-23-12)25-18(22)24-11-14-5-7-15(8-6-14)20-26-13(2)19(3,4)27-20/h5-10,13H,11H2,1-4H3. The minimum absolute atomic E-state index is 0.00457. The molecule has 1 aliphatic rings. The molecular formula is C19H21BO7. The largest absolute Gasteiger partial charge is 0.514 e. The predicted molar refractivity (Wildman–Crippen MR) is 98.1 cm³/mol. The topological polar surface area (TPSA) is 84.2 Å². The summed E-state index contributed by atoms with van der Waals surface area (Å²) in [7, 11) is -0.421. The Hall–Kier alpha value is -2.58. The second-order valence-electron chi connectivity index (χ2n) is 6.88. The van der Waals surface area contributed by atoms with E-state index in [-0.39, 0.29) is 29.8 Å². The zero-order chi connectivity index (χ0) is 19.6. The molecule has 1 aromatic heterocycles. The van der Waals surface area contributed by atoms with Gasteiger partial charge in [0.15, 0.2) is 0 Å². The van der Waals surface area contributed by atoms with Crippen LogP contribution in [0.1, 0.15) is 32.1 Å². The summed E-state index contributed by atoms with van der Waals surface area (Å²) >= 11 is 0. The summed E-state index contributed by atoms with van der Waals surface area (Å²) in [5.41, 5.74) is 0.848. The van der Waals surface area contributed by atoms with Crippen molar-refractivity contribution in [2.45, 2.75) is 46.0 Å². The van der Waals surface area contributed by atoms with Crippen LogP contribution in [0.3, 0.4) is 0 Å². The van der Waals surface area contributed by atoms with Crippen LogP contribution in [0.15, 0.2) is 45.8 Å². The van der Waals surface area contributed by atoms with Gasteiger partial charge < -0.3 is 23.2 Å². The van der Waals surface area contributed by atoms with Crippen molar-refractivity contribution in [3.63, 3.8) is 0 Å². The normalized spacial score (nSPS) is 18.4. The third-order valence-electron chi connectivity index (χ3n) is 4.52. The molecule has 0 amide bonds. The van der Waals surface area contributed by atoms with Crippen LogP contribution in [0.5, 0.6) is 5.75 Å². The molecule has 0 saturated carbocycles. The van der Waals surface area contributed by atoms with Gasteiger partial charge in [-0.1, -0.05) is 24.3 Å². The highest BCUT2D eigenvalue weighted by molar-refractivity contribution is 6.61. The second kappa shape index (κ2) is 7.58. The van der Waals surface area contributed by atoms with E-state index in [1.165, 1.54) is 19.3 Å². The summed E-state index contributed by atoms with van der Waals surface area (Å²) in [4.78, 5) is 23.5. The van der Waals surface area contributed by atoms with Crippen molar-refractivity contribution in [1.29, 1.82) is 0 Å². The maximum Gasteiger partial charge on any atom is 0.514 e. The zero-order valence-electron chi connectivity index (χ0n) is 15.7. The second-order valence-corrected chi connectivity index (χ2v) is 6.88. The number of hydrogen-bond donors (Lipinski definition) is 0. The van der Waals surface area contributed by atoms with Crippen LogP contribution < -0.4 is 15.6 Å². The van der Waals surface area contributed by atoms with Crippen LogP contribution in [0.4, 0.5) is 4.79 Å². The molecule has 2 heterocycles. The van der Waals surface area contributed by atoms with E-state index in [9.17, 15) is 9.59 Å². The first kappa shape index (κ1) is 19.2. The third kappa shape index (κ3) is 4.40. The Morgan fingerprint density at radius 1 is 1.22 bits per heavy atom. The Kier molecular flexibility index (Phi) is 5.39. The van der Waals surface area contributed by atoms with Crippen LogP contribution in [0, 0.1) is 6.92 Å². The molecule has 0 N–H and O–H groups in total. The zero-order valence-corrected chi connectivity index (χ0v) is 15.7. The summed E-state index contributed by atoms with van der Waals surface area (Å²) in [5, 5.41) is 0. The van der Waals surface area contributed by atoms with Crippen LogP contribution in [-0.2, 0) is 20.7 Å². The lowest BCUT2D eigenvalue weighted by Crippen LogP contribution is -2.34. The van der Waals surface area contributed by atoms with Crippen molar-refractivity contribution >= 4 is 18.7 Å². The summed E-state index contributed by atoms with van der Waals surface area (Å²) in [6, 6.07) is 8.52. The quantitative estimate of drug-likeness (QED) is 0.602. The van der Waals surface area contributed by atoms with Gasteiger partial charge in [-0.15, -0.1) is 0 Å². The number of carbonyl (C=O) groups is 1. The average Bonchev–Trinajstić information content (AvgIpc) is 2.90. The molecular weight excluding hydrogens is 351 g/mol. The lowest BCUT2D eigenvalue weighted by Gasteiger charge is -2.21. The molecule has 2 aromatic rings. The number of carbonyl (C=O) groups excluding carboxylic acids is 1. The Balaban J connectivity index is 1.56. The van der Waals surface area contributed by atoms with E-state index in [2.05, 4.69) is 0 Å². The molecule has 0 aliphatic carbocycles. The number of aryl methyl sites for hydroxylation is 1. The van der Waals surface area contributed by atoms with E-state index in [0.29, 0.717) is 0 Å². The molecule has 1 aliphatic heterocycles. The van der Waals surface area contributed by atoms with Gasteiger partial charge in [-0.3, -0.25) is 4.79 Å². The van der Waals surface area contributed by atoms with Crippen molar-refractivity contribution in [1.82, 2.24) is 0 Å². The van der Waals surface area contributed by atoms with E-state index >= 15 is 0 Å². The van der Waals surface area contributed by atoms with Gasteiger partial charge in [0.1, 0.15) is 12.4 Å². The van der Waals surface area contributed by atoms with Gasteiger partial charge in [0.05, 0.1) is 18.0 Å². The van der Waals surface area contributed by atoms with Crippen LogP contribution >= 0.6 is 0 Å². The van der Waals surface area contributed by atoms with Crippen LogP contribution in [0.25, 0.3) is 0 Å². The monoisotopic (exact) mass is 372 g/mol. The van der Waals surface area contributed by atoms with Crippen molar-refractivity contribution in [3.05, 3.63) is 58.1 Å². The number of ether oxygens (including phenoxy) is 2.